The number of halogens is 1. The highest BCUT2D eigenvalue weighted by molar-refractivity contribution is 6.35. The first-order valence-electron chi connectivity index (χ1n) is 11.9. The van der Waals surface area contributed by atoms with Gasteiger partial charge in [0.05, 0.1) is 45.4 Å². The third kappa shape index (κ3) is 4.52. The van der Waals surface area contributed by atoms with Gasteiger partial charge in [-0.15, -0.1) is 0 Å². The summed E-state index contributed by atoms with van der Waals surface area (Å²) in [6.07, 6.45) is 4.69. The molecule has 0 bridgehead atoms. The Labute approximate surface area is 213 Å². The van der Waals surface area contributed by atoms with Gasteiger partial charge in [-0.2, -0.15) is 0 Å². The average Bonchev–Trinajstić information content (AvgIpc) is 2.84. The zero-order chi connectivity index (χ0) is 25.4. The number of rotatable bonds is 4. The van der Waals surface area contributed by atoms with Gasteiger partial charge in [0.25, 0.3) is 5.91 Å². The van der Waals surface area contributed by atoms with Gasteiger partial charge < -0.3 is 15.4 Å². The molecule has 2 amide bonds. The van der Waals surface area contributed by atoms with Crippen LogP contribution in [0, 0.1) is 5.41 Å². The van der Waals surface area contributed by atoms with Crippen molar-refractivity contribution in [1.82, 2.24) is 20.2 Å². The van der Waals surface area contributed by atoms with E-state index in [1.54, 1.807) is 41.4 Å². The van der Waals surface area contributed by atoms with Crippen molar-refractivity contribution in [1.29, 1.82) is 5.41 Å². The molecule has 1 aromatic carbocycles. The third-order valence-corrected chi connectivity index (χ3v) is 7.19. The molecule has 4 heterocycles. The molecular formula is C26H27ClN6O3. The van der Waals surface area contributed by atoms with E-state index in [0.717, 1.165) is 0 Å². The van der Waals surface area contributed by atoms with E-state index in [1.165, 1.54) is 6.20 Å². The summed E-state index contributed by atoms with van der Waals surface area (Å²) < 4.78 is 5.61. The summed E-state index contributed by atoms with van der Waals surface area (Å²) in [5.74, 6) is -0.465. The predicted octanol–water partition coefficient (Wildman–Crippen LogP) is 4.07. The number of benzene rings is 1. The van der Waals surface area contributed by atoms with Crippen molar-refractivity contribution in [3.8, 4) is 0 Å². The minimum atomic E-state index is -0.909. The minimum absolute atomic E-state index is 0.0426. The summed E-state index contributed by atoms with van der Waals surface area (Å²) in [5, 5.41) is 15.0. The lowest BCUT2D eigenvalue weighted by atomic mass is 9.85. The fourth-order valence-electron chi connectivity index (χ4n) is 4.96. The van der Waals surface area contributed by atoms with Gasteiger partial charge in [0.2, 0.25) is 5.91 Å². The average molecular weight is 507 g/mol. The molecule has 3 atom stereocenters. The Kier molecular flexibility index (Phi) is 6.36. The summed E-state index contributed by atoms with van der Waals surface area (Å²) >= 11 is 6.76. The molecule has 10 heteroatoms. The van der Waals surface area contributed by atoms with Crippen LogP contribution in [0.3, 0.4) is 0 Å². The second kappa shape index (κ2) is 9.48. The van der Waals surface area contributed by atoms with Gasteiger partial charge in [0.1, 0.15) is 0 Å². The van der Waals surface area contributed by atoms with Crippen molar-refractivity contribution in [3.05, 3.63) is 64.9 Å². The molecule has 0 spiro atoms. The number of carbonyl (C=O) groups excluding carboxylic acids is 2. The molecule has 2 fully saturated rings. The first-order valence-corrected chi connectivity index (χ1v) is 12.2. The maximum absolute atomic E-state index is 13.2. The lowest BCUT2D eigenvalue weighted by molar-refractivity contribution is -0.134. The van der Waals surface area contributed by atoms with Crippen molar-refractivity contribution in [2.24, 2.45) is 0 Å². The fourth-order valence-corrected chi connectivity index (χ4v) is 5.34. The molecule has 5 rings (SSSR count). The minimum Gasteiger partial charge on any atom is -0.378 e. The van der Waals surface area contributed by atoms with E-state index in [9.17, 15) is 9.59 Å². The number of anilines is 1. The SMILES string of the molecule is C[C@@H]1C[C@H](N2C(=N)N[C@](C)(c3cccc(NC(=O)c4cnc5cccnc5c4)c3Cl)CC2=O)CCO1. The summed E-state index contributed by atoms with van der Waals surface area (Å²) in [7, 11) is 0. The number of hydrogen-bond donors (Lipinski definition) is 3. The highest BCUT2D eigenvalue weighted by atomic mass is 35.5. The molecule has 0 aliphatic carbocycles. The van der Waals surface area contributed by atoms with Crippen LogP contribution in [0.15, 0.2) is 48.8 Å². The van der Waals surface area contributed by atoms with Gasteiger partial charge >= 0.3 is 0 Å². The zero-order valence-corrected chi connectivity index (χ0v) is 20.8. The van der Waals surface area contributed by atoms with Crippen molar-refractivity contribution in [3.63, 3.8) is 0 Å². The van der Waals surface area contributed by atoms with Crippen LogP contribution in [0.4, 0.5) is 5.69 Å². The molecule has 0 saturated carbocycles. The highest BCUT2D eigenvalue weighted by Crippen LogP contribution is 2.38. The number of guanidine groups is 1. The smallest absolute Gasteiger partial charge is 0.257 e. The van der Waals surface area contributed by atoms with Crippen LogP contribution in [0.2, 0.25) is 5.02 Å². The van der Waals surface area contributed by atoms with Crippen LogP contribution in [0.5, 0.6) is 0 Å². The Bertz CT molecular complexity index is 1340. The van der Waals surface area contributed by atoms with E-state index in [2.05, 4.69) is 20.6 Å². The number of ether oxygens (including phenoxy) is 1. The monoisotopic (exact) mass is 506 g/mol. The van der Waals surface area contributed by atoms with Crippen LogP contribution in [-0.4, -0.2) is 51.4 Å². The second-order valence-electron chi connectivity index (χ2n) is 9.49. The Morgan fingerprint density at radius 1 is 1.28 bits per heavy atom. The van der Waals surface area contributed by atoms with E-state index in [-0.39, 0.29) is 36.3 Å². The number of aromatic nitrogens is 2. The van der Waals surface area contributed by atoms with E-state index in [1.807, 2.05) is 19.9 Å². The molecule has 2 aromatic heterocycles. The molecule has 2 aliphatic heterocycles. The van der Waals surface area contributed by atoms with Crippen molar-refractivity contribution < 1.29 is 14.3 Å². The molecule has 36 heavy (non-hydrogen) atoms. The summed E-state index contributed by atoms with van der Waals surface area (Å²) in [6.45, 7) is 4.39. The van der Waals surface area contributed by atoms with Gasteiger partial charge in [-0.3, -0.25) is 29.9 Å². The summed E-state index contributed by atoms with van der Waals surface area (Å²) in [6, 6.07) is 10.5. The molecule has 2 saturated heterocycles. The van der Waals surface area contributed by atoms with Gasteiger partial charge in [-0.25, -0.2) is 0 Å². The lowest BCUT2D eigenvalue weighted by Gasteiger charge is -2.45. The Morgan fingerprint density at radius 2 is 2.11 bits per heavy atom. The number of carbonyl (C=O) groups is 2. The maximum Gasteiger partial charge on any atom is 0.257 e. The number of nitrogens with zero attached hydrogens (tertiary/aromatic N) is 3. The van der Waals surface area contributed by atoms with Gasteiger partial charge in [-0.1, -0.05) is 23.7 Å². The number of nitrogens with one attached hydrogen (secondary N) is 3. The lowest BCUT2D eigenvalue weighted by Crippen LogP contribution is -2.63. The van der Waals surface area contributed by atoms with Gasteiger partial charge in [-0.05, 0) is 56.5 Å². The fraction of sp³-hybridized carbons (Fsp3) is 0.346. The molecule has 9 nitrogen and oxygen atoms in total. The van der Waals surface area contributed by atoms with Crippen molar-refractivity contribution in [2.75, 3.05) is 11.9 Å². The van der Waals surface area contributed by atoms with Crippen molar-refractivity contribution in [2.45, 2.75) is 50.8 Å². The first-order chi connectivity index (χ1) is 17.2. The Morgan fingerprint density at radius 3 is 2.89 bits per heavy atom. The molecular weight excluding hydrogens is 480 g/mol. The zero-order valence-electron chi connectivity index (χ0n) is 20.0. The normalized spacial score (nSPS) is 24.5. The van der Waals surface area contributed by atoms with Crippen LogP contribution < -0.4 is 10.6 Å². The van der Waals surface area contributed by atoms with Crippen LogP contribution >= 0.6 is 11.6 Å². The Balaban J connectivity index is 1.37. The number of amides is 2. The molecule has 3 aromatic rings. The molecule has 2 aliphatic rings. The number of hydrogen-bond acceptors (Lipinski definition) is 6. The Hall–Kier alpha value is -3.56. The quantitative estimate of drug-likeness (QED) is 0.490. The molecule has 0 unspecified atom stereocenters. The van der Waals surface area contributed by atoms with Crippen LogP contribution in [-0.2, 0) is 15.1 Å². The summed E-state index contributed by atoms with van der Waals surface area (Å²) in [5.41, 5.74) is 1.78. The number of fused-ring (bicyclic) bond motifs is 1. The third-order valence-electron chi connectivity index (χ3n) is 6.79. The van der Waals surface area contributed by atoms with E-state index in [4.69, 9.17) is 21.7 Å². The van der Waals surface area contributed by atoms with Crippen LogP contribution in [0.1, 0.15) is 49.0 Å². The van der Waals surface area contributed by atoms with Crippen LogP contribution in [0.25, 0.3) is 11.0 Å². The standard InChI is InChI=1S/C26H27ClN6O3/c1-15-11-17(8-10-36-15)33-22(34)13-26(2,32-25(33)28)18-5-3-6-20(23(18)27)31-24(35)16-12-21-19(30-14-16)7-4-9-29-21/h3-7,9,12,14-15,17H,8,10-11,13H2,1-2H3,(H2,28,32)(H,31,35)/t15-,17-,26+/m1/s1. The largest absolute Gasteiger partial charge is 0.378 e. The molecule has 0 radical (unpaired) electrons. The summed E-state index contributed by atoms with van der Waals surface area (Å²) in [4.78, 5) is 36.3. The number of pyridine rings is 2. The van der Waals surface area contributed by atoms with E-state index >= 15 is 0 Å². The topological polar surface area (TPSA) is 120 Å². The van der Waals surface area contributed by atoms with Crippen molar-refractivity contribution >= 4 is 46.1 Å². The second-order valence-corrected chi connectivity index (χ2v) is 9.87. The predicted molar refractivity (Wildman–Crippen MR) is 137 cm³/mol. The molecule has 3 N–H and O–H groups in total. The first kappa shape index (κ1) is 24.1. The highest BCUT2D eigenvalue weighted by Gasteiger charge is 2.43. The van der Waals surface area contributed by atoms with Gasteiger partial charge in [0.15, 0.2) is 5.96 Å². The van der Waals surface area contributed by atoms with Gasteiger partial charge in [0, 0.05) is 25.0 Å². The van der Waals surface area contributed by atoms with E-state index < -0.39 is 5.54 Å². The molecule has 186 valence electrons. The van der Waals surface area contributed by atoms with E-state index in [0.29, 0.717) is 52.3 Å². The maximum atomic E-state index is 13.2.